The molecular formula is C22H23N3O5. The normalized spacial score (nSPS) is 23.2. The summed E-state index contributed by atoms with van der Waals surface area (Å²) in [5.41, 5.74) is 2.35. The second kappa shape index (κ2) is 7.87. The molecule has 0 radical (unpaired) electrons. The number of rotatable bonds is 6. The van der Waals surface area contributed by atoms with Crippen molar-refractivity contribution in [2.75, 3.05) is 11.6 Å². The minimum absolute atomic E-state index is 0.0324. The van der Waals surface area contributed by atoms with Gasteiger partial charge in [-0.1, -0.05) is 43.7 Å². The number of nitro groups is 1. The van der Waals surface area contributed by atoms with Crippen LogP contribution in [0.4, 0.5) is 11.4 Å². The summed E-state index contributed by atoms with van der Waals surface area (Å²) in [7, 11) is 0. The largest absolute Gasteiger partial charge is 0.280 e. The third-order valence-electron chi connectivity index (χ3n) is 5.74. The summed E-state index contributed by atoms with van der Waals surface area (Å²) < 4.78 is 0. The number of carbonyl (C=O) groups excluding carboxylic acids is 2. The molecule has 2 aromatic carbocycles. The molecule has 30 heavy (non-hydrogen) atoms. The predicted molar refractivity (Wildman–Crippen MR) is 109 cm³/mol. The Labute approximate surface area is 174 Å². The molecule has 2 heterocycles. The van der Waals surface area contributed by atoms with Gasteiger partial charge in [0.25, 0.3) is 11.6 Å². The molecule has 3 atom stereocenters. The van der Waals surface area contributed by atoms with Crippen LogP contribution in [-0.2, 0) is 14.4 Å². The topological polar surface area (TPSA) is 93.0 Å². The van der Waals surface area contributed by atoms with Gasteiger partial charge in [-0.15, -0.1) is 0 Å². The smallest absolute Gasteiger partial charge is 0.269 e. The first-order valence-corrected chi connectivity index (χ1v) is 10.0. The van der Waals surface area contributed by atoms with Crippen molar-refractivity contribution in [1.82, 2.24) is 4.90 Å². The minimum Gasteiger partial charge on any atom is -0.280 e. The van der Waals surface area contributed by atoms with Gasteiger partial charge >= 0.3 is 0 Å². The number of anilines is 1. The zero-order chi connectivity index (χ0) is 21.4. The van der Waals surface area contributed by atoms with Crippen molar-refractivity contribution < 1.29 is 19.3 Å². The third-order valence-corrected chi connectivity index (χ3v) is 5.74. The highest BCUT2D eigenvalue weighted by atomic mass is 16.7. The maximum atomic E-state index is 13.2. The van der Waals surface area contributed by atoms with Crippen LogP contribution in [-0.4, -0.2) is 34.3 Å². The van der Waals surface area contributed by atoms with Crippen LogP contribution < -0.4 is 5.06 Å². The lowest BCUT2D eigenvalue weighted by atomic mass is 9.90. The second-order valence-electron chi connectivity index (χ2n) is 7.64. The van der Waals surface area contributed by atoms with Gasteiger partial charge in [0.1, 0.15) is 5.92 Å². The summed E-state index contributed by atoms with van der Waals surface area (Å²) in [6.07, 6.45) is 0.712. The number of amides is 2. The van der Waals surface area contributed by atoms with Crippen LogP contribution in [0.5, 0.6) is 0 Å². The number of likely N-dealkylation sites (tertiary alicyclic amines) is 1. The van der Waals surface area contributed by atoms with E-state index in [0.29, 0.717) is 12.1 Å². The Morgan fingerprint density at radius 2 is 1.77 bits per heavy atom. The summed E-state index contributed by atoms with van der Waals surface area (Å²) in [6, 6.07) is 13.1. The molecular weight excluding hydrogens is 386 g/mol. The van der Waals surface area contributed by atoms with E-state index in [9.17, 15) is 19.7 Å². The number of unbranched alkanes of at least 4 members (excludes halogenated alkanes) is 1. The van der Waals surface area contributed by atoms with Crippen molar-refractivity contribution in [2.24, 2.45) is 5.92 Å². The maximum absolute atomic E-state index is 13.2. The zero-order valence-electron chi connectivity index (χ0n) is 16.9. The Morgan fingerprint density at radius 3 is 2.40 bits per heavy atom. The molecule has 0 saturated carbocycles. The van der Waals surface area contributed by atoms with E-state index in [0.717, 1.165) is 24.1 Å². The van der Waals surface area contributed by atoms with Crippen LogP contribution in [0.2, 0.25) is 0 Å². The number of benzene rings is 2. The van der Waals surface area contributed by atoms with Crippen LogP contribution in [0.25, 0.3) is 0 Å². The van der Waals surface area contributed by atoms with E-state index in [-0.39, 0.29) is 17.5 Å². The molecule has 2 saturated heterocycles. The first kappa shape index (κ1) is 20.0. The van der Waals surface area contributed by atoms with Crippen molar-refractivity contribution in [3.05, 3.63) is 69.8 Å². The molecule has 2 amide bonds. The molecule has 3 unspecified atom stereocenters. The zero-order valence-corrected chi connectivity index (χ0v) is 16.9. The van der Waals surface area contributed by atoms with Crippen molar-refractivity contribution >= 4 is 23.2 Å². The molecule has 2 aliphatic rings. The number of fused-ring (bicyclic) bond motifs is 1. The molecule has 2 aromatic rings. The van der Waals surface area contributed by atoms with Gasteiger partial charge in [0.2, 0.25) is 5.91 Å². The number of hydrogen-bond acceptors (Lipinski definition) is 6. The molecule has 8 nitrogen and oxygen atoms in total. The molecule has 2 aliphatic heterocycles. The SMILES string of the molecule is CCCCN1C(=O)C2ON(c3ccccc3C)C(c3ccc([N+](=O)[O-])cc3)C2C1=O. The third kappa shape index (κ3) is 3.23. The fourth-order valence-corrected chi connectivity index (χ4v) is 4.16. The van der Waals surface area contributed by atoms with Gasteiger partial charge in [-0.2, -0.15) is 0 Å². The summed E-state index contributed by atoms with van der Waals surface area (Å²) in [5.74, 6) is -1.27. The Morgan fingerprint density at radius 1 is 1.07 bits per heavy atom. The Kier molecular flexibility index (Phi) is 5.26. The average molecular weight is 409 g/mol. The van der Waals surface area contributed by atoms with Crippen LogP contribution in [0, 0.1) is 23.0 Å². The molecule has 156 valence electrons. The highest BCUT2D eigenvalue weighted by Crippen LogP contribution is 2.47. The van der Waals surface area contributed by atoms with E-state index in [4.69, 9.17) is 4.84 Å². The Bertz CT molecular complexity index is 991. The lowest BCUT2D eigenvalue weighted by Crippen LogP contribution is -2.38. The van der Waals surface area contributed by atoms with Gasteiger partial charge in [-0.05, 0) is 30.5 Å². The van der Waals surface area contributed by atoms with Crippen LogP contribution in [0.15, 0.2) is 48.5 Å². The lowest BCUT2D eigenvalue weighted by molar-refractivity contribution is -0.384. The summed E-state index contributed by atoms with van der Waals surface area (Å²) >= 11 is 0. The number of non-ortho nitro benzene ring substituents is 1. The number of carbonyl (C=O) groups is 2. The Balaban J connectivity index is 1.76. The second-order valence-corrected chi connectivity index (χ2v) is 7.64. The van der Waals surface area contributed by atoms with Crippen LogP contribution in [0.1, 0.15) is 36.9 Å². The van der Waals surface area contributed by atoms with Gasteiger partial charge < -0.3 is 0 Å². The van der Waals surface area contributed by atoms with E-state index in [1.165, 1.54) is 17.0 Å². The number of hydroxylamine groups is 1. The van der Waals surface area contributed by atoms with Gasteiger partial charge in [0, 0.05) is 18.7 Å². The van der Waals surface area contributed by atoms with Crippen LogP contribution >= 0.6 is 0 Å². The van der Waals surface area contributed by atoms with Crippen molar-refractivity contribution in [1.29, 1.82) is 0 Å². The lowest BCUT2D eigenvalue weighted by Gasteiger charge is -2.29. The quantitative estimate of drug-likeness (QED) is 0.412. The molecule has 0 aromatic heterocycles. The number of imide groups is 1. The number of nitro benzene ring substituents is 1. The van der Waals surface area contributed by atoms with Crippen LogP contribution in [0.3, 0.4) is 0 Å². The number of hydrogen-bond donors (Lipinski definition) is 0. The maximum Gasteiger partial charge on any atom is 0.269 e. The first-order valence-electron chi connectivity index (χ1n) is 10.0. The highest BCUT2D eigenvalue weighted by molar-refractivity contribution is 6.07. The summed E-state index contributed by atoms with van der Waals surface area (Å²) in [5, 5.41) is 12.7. The van der Waals surface area contributed by atoms with Gasteiger partial charge in [0.15, 0.2) is 6.10 Å². The van der Waals surface area contributed by atoms with Crippen molar-refractivity contribution in [3.63, 3.8) is 0 Å². The fraction of sp³-hybridized carbons (Fsp3) is 0.364. The van der Waals surface area contributed by atoms with E-state index >= 15 is 0 Å². The number of para-hydroxylation sites is 1. The first-order chi connectivity index (χ1) is 14.4. The Hall–Kier alpha value is -3.26. The molecule has 0 spiro atoms. The van der Waals surface area contributed by atoms with Gasteiger partial charge in [-0.25, -0.2) is 5.06 Å². The van der Waals surface area contributed by atoms with E-state index in [1.54, 1.807) is 17.2 Å². The molecule has 0 aliphatic carbocycles. The molecule has 0 N–H and O–H groups in total. The van der Waals surface area contributed by atoms with Crippen molar-refractivity contribution in [3.8, 4) is 0 Å². The number of aryl methyl sites for hydroxylation is 1. The number of nitrogens with zero attached hydrogens (tertiary/aromatic N) is 3. The molecule has 8 heteroatoms. The summed E-state index contributed by atoms with van der Waals surface area (Å²) in [4.78, 5) is 44.1. The van der Waals surface area contributed by atoms with Gasteiger partial charge in [-0.3, -0.25) is 29.4 Å². The minimum atomic E-state index is -0.894. The molecule has 2 fully saturated rings. The van der Waals surface area contributed by atoms with E-state index in [1.807, 2.05) is 38.1 Å². The average Bonchev–Trinajstić information content (AvgIpc) is 3.23. The van der Waals surface area contributed by atoms with Gasteiger partial charge in [0.05, 0.1) is 16.7 Å². The van der Waals surface area contributed by atoms with E-state index in [2.05, 4.69) is 0 Å². The van der Waals surface area contributed by atoms with Crippen molar-refractivity contribution in [2.45, 2.75) is 38.8 Å². The van der Waals surface area contributed by atoms with E-state index < -0.39 is 23.0 Å². The molecule has 4 rings (SSSR count). The highest BCUT2D eigenvalue weighted by Gasteiger charge is 2.59. The summed E-state index contributed by atoms with van der Waals surface area (Å²) in [6.45, 7) is 4.31. The predicted octanol–water partition coefficient (Wildman–Crippen LogP) is 3.55. The molecule has 0 bridgehead atoms. The monoisotopic (exact) mass is 409 g/mol. The standard InChI is InChI=1S/C22H23N3O5/c1-3-4-13-23-21(26)18-19(15-9-11-16(12-10-15)25(28)29)24(30-20(18)22(23)27)17-8-6-5-7-14(17)2/h5-12,18-20H,3-4,13H2,1-2H3. The fourth-order valence-electron chi connectivity index (χ4n) is 4.16.